The fourth-order valence-electron chi connectivity index (χ4n) is 3.96. The molecule has 0 bridgehead atoms. The van der Waals surface area contributed by atoms with Crippen molar-refractivity contribution in [2.24, 2.45) is 5.10 Å². The van der Waals surface area contributed by atoms with Crippen LogP contribution in [0.25, 0.3) is 0 Å². The Balaban J connectivity index is 1.49. The molecule has 1 N–H and O–H groups in total. The summed E-state index contributed by atoms with van der Waals surface area (Å²) in [6.45, 7) is 3.89. The van der Waals surface area contributed by atoms with Gasteiger partial charge in [-0.25, -0.2) is 13.8 Å². The summed E-state index contributed by atoms with van der Waals surface area (Å²) in [7, 11) is -4.08. The molecule has 0 saturated carbocycles. The summed E-state index contributed by atoms with van der Waals surface area (Å²) in [5.74, 6) is 0.485. The summed E-state index contributed by atoms with van der Waals surface area (Å²) in [4.78, 5) is 13.0. The van der Waals surface area contributed by atoms with E-state index in [1.807, 2.05) is 37.3 Å². The van der Waals surface area contributed by atoms with Crippen molar-refractivity contribution in [3.63, 3.8) is 0 Å². The van der Waals surface area contributed by atoms with Crippen LogP contribution in [-0.2, 0) is 21.4 Å². The van der Waals surface area contributed by atoms with Gasteiger partial charge < -0.3 is 9.47 Å². The van der Waals surface area contributed by atoms with Crippen molar-refractivity contribution in [1.82, 2.24) is 5.43 Å². The number of nitrogens with zero attached hydrogens (tertiary/aromatic N) is 2. The number of rotatable bonds is 12. The molecule has 4 aromatic rings. The molecule has 4 aromatic carbocycles. The van der Waals surface area contributed by atoms with Gasteiger partial charge in [0.25, 0.3) is 15.9 Å². The number of hydrazone groups is 1. The number of amides is 1. The third kappa shape index (κ3) is 7.65. The minimum atomic E-state index is -4.08. The number of nitrogens with one attached hydrogen (secondary N) is 1. The van der Waals surface area contributed by atoms with Crippen molar-refractivity contribution >= 4 is 39.4 Å². The maximum Gasteiger partial charge on any atom is 0.264 e. The topological polar surface area (TPSA) is 97.3 Å². The molecule has 0 aliphatic heterocycles. The number of benzene rings is 4. The minimum Gasteiger partial charge on any atom is -0.490 e. The van der Waals surface area contributed by atoms with E-state index in [0.29, 0.717) is 46.5 Å². The summed E-state index contributed by atoms with van der Waals surface area (Å²) < 4.78 is 39.8. The molecule has 0 aliphatic carbocycles. The first-order valence-corrected chi connectivity index (χ1v) is 14.7. The number of carbonyl (C=O) groups excluding carboxylic acids is 1. The lowest BCUT2D eigenvalue weighted by Crippen LogP contribution is -2.40. The lowest BCUT2D eigenvalue weighted by atomic mass is 10.2. The Kier molecular flexibility index (Phi) is 10.00. The normalized spacial score (nSPS) is 11.3. The zero-order valence-electron chi connectivity index (χ0n) is 22.7. The van der Waals surface area contributed by atoms with Gasteiger partial charge in [0.2, 0.25) is 0 Å². The molecule has 41 heavy (non-hydrogen) atoms. The zero-order valence-corrected chi connectivity index (χ0v) is 24.2. The predicted molar refractivity (Wildman–Crippen MR) is 161 cm³/mol. The van der Waals surface area contributed by atoms with Gasteiger partial charge in [-0.05, 0) is 73.0 Å². The van der Waals surface area contributed by atoms with Crippen molar-refractivity contribution < 1.29 is 22.7 Å². The van der Waals surface area contributed by atoms with Crippen LogP contribution in [0.5, 0.6) is 11.5 Å². The highest BCUT2D eigenvalue weighted by molar-refractivity contribution is 7.92. The van der Waals surface area contributed by atoms with Crippen LogP contribution in [0.3, 0.4) is 0 Å². The molecule has 0 heterocycles. The van der Waals surface area contributed by atoms with Crippen molar-refractivity contribution in [2.75, 3.05) is 17.5 Å². The molecule has 0 atom stereocenters. The lowest BCUT2D eigenvalue weighted by molar-refractivity contribution is -0.119. The number of sulfonamides is 1. The van der Waals surface area contributed by atoms with E-state index >= 15 is 0 Å². The lowest BCUT2D eigenvalue weighted by Gasteiger charge is -2.25. The quantitative estimate of drug-likeness (QED) is 0.162. The van der Waals surface area contributed by atoms with Gasteiger partial charge in [-0.15, -0.1) is 0 Å². The van der Waals surface area contributed by atoms with Gasteiger partial charge in [0, 0.05) is 5.02 Å². The Morgan fingerprint density at radius 3 is 2.34 bits per heavy atom. The molecule has 0 saturated heterocycles. The van der Waals surface area contributed by atoms with E-state index in [1.54, 1.807) is 61.5 Å². The van der Waals surface area contributed by atoms with E-state index < -0.39 is 22.5 Å². The molecule has 0 aliphatic rings. The fourth-order valence-corrected chi connectivity index (χ4v) is 5.63. The third-order valence-electron chi connectivity index (χ3n) is 6.03. The Morgan fingerprint density at radius 1 is 0.927 bits per heavy atom. The summed E-state index contributed by atoms with van der Waals surface area (Å²) in [5.41, 5.74) is 4.93. The molecule has 0 spiro atoms. The van der Waals surface area contributed by atoms with E-state index in [9.17, 15) is 13.2 Å². The van der Waals surface area contributed by atoms with Crippen LogP contribution < -0.4 is 19.2 Å². The van der Waals surface area contributed by atoms with Crippen LogP contribution >= 0.6 is 11.6 Å². The maximum atomic E-state index is 13.5. The number of ether oxygens (including phenoxy) is 2. The SMILES string of the molecule is CCOc1cc(/C=N/NC(=O)CN(c2cccc(Cl)c2C)S(=O)(=O)c2ccccc2)ccc1OCc1ccccc1. The third-order valence-corrected chi connectivity index (χ3v) is 8.22. The molecule has 8 nitrogen and oxygen atoms in total. The van der Waals surface area contributed by atoms with Gasteiger partial charge in [0.1, 0.15) is 13.2 Å². The van der Waals surface area contributed by atoms with Gasteiger partial charge in [-0.1, -0.05) is 66.2 Å². The number of anilines is 1. The Morgan fingerprint density at radius 2 is 1.63 bits per heavy atom. The standard InChI is InChI=1S/C31H30ClN3O5S/c1-3-39-30-19-25(17-18-29(30)40-22-24-11-6-4-7-12-24)20-33-34-31(36)21-35(28-16-10-15-27(32)23(28)2)41(37,38)26-13-8-5-9-14-26/h4-20H,3,21-22H2,1-2H3,(H,34,36)/b33-20+. The number of carbonyl (C=O) groups is 1. The monoisotopic (exact) mass is 591 g/mol. The van der Waals surface area contributed by atoms with Crippen LogP contribution in [0.15, 0.2) is 107 Å². The molecule has 0 fully saturated rings. The van der Waals surface area contributed by atoms with Gasteiger partial charge in [0.05, 0.1) is 23.4 Å². The fraction of sp³-hybridized carbons (Fsp3) is 0.161. The highest BCUT2D eigenvalue weighted by Gasteiger charge is 2.28. The van der Waals surface area contributed by atoms with E-state index in [1.165, 1.54) is 18.3 Å². The molecule has 0 radical (unpaired) electrons. The van der Waals surface area contributed by atoms with Crippen molar-refractivity contribution in [1.29, 1.82) is 0 Å². The minimum absolute atomic E-state index is 0.0497. The van der Waals surface area contributed by atoms with Crippen LogP contribution in [0.1, 0.15) is 23.6 Å². The number of halogens is 1. The Labute approximate surface area is 245 Å². The summed E-state index contributed by atoms with van der Waals surface area (Å²) in [6.07, 6.45) is 1.45. The average Bonchev–Trinajstić information content (AvgIpc) is 2.98. The number of hydrogen-bond acceptors (Lipinski definition) is 6. The van der Waals surface area contributed by atoms with E-state index in [4.69, 9.17) is 21.1 Å². The second-order valence-electron chi connectivity index (χ2n) is 8.92. The zero-order chi connectivity index (χ0) is 29.2. The molecule has 0 unspecified atom stereocenters. The summed E-state index contributed by atoms with van der Waals surface area (Å²) in [5, 5.41) is 4.42. The molecule has 10 heteroatoms. The van der Waals surface area contributed by atoms with Gasteiger partial charge >= 0.3 is 0 Å². The number of hydrogen-bond donors (Lipinski definition) is 1. The smallest absolute Gasteiger partial charge is 0.264 e. The van der Waals surface area contributed by atoms with Crippen LogP contribution in [-0.4, -0.2) is 33.7 Å². The van der Waals surface area contributed by atoms with Crippen LogP contribution in [0, 0.1) is 6.92 Å². The largest absolute Gasteiger partial charge is 0.490 e. The van der Waals surface area contributed by atoms with Gasteiger partial charge in [-0.2, -0.15) is 5.10 Å². The van der Waals surface area contributed by atoms with Crippen LogP contribution in [0.4, 0.5) is 5.69 Å². The Bertz CT molecular complexity index is 1610. The second kappa shape index (κ2) is 13.8. The highest BCUT2D eigenvalue weighted by atomic mass is 35.5. The Hall–Kier alpha value is -4.34. The molecule has 212 valence electrons. The molecular weight excluding hydrogens is 562 g/mol. The molecule has 1 amide bonds. The van der Waals surface area contributed by atoms with E-state index in [2.05, 4.69) is 10.5 Å². The van der Waals surface area contributed by atoms with E-state index in [-0.39, 0.29) is 4.90 Å². The maximum absolute atomic E-state index is 13.5. The average molecular weight is 592 g/mol. The first-order chi connectivity index (χ1) is 19.8. The van der Waals surface area contributed by atoms with E-state index in [0.717, 1.165) is 9.87 Å². The first-order valence-electron chi connectivity index (χ1n) is 12.9. The first kappa shape index (κ1) is 29.6. The van der Waals surface area contributed by atoms with Crippen molar-refractivity contribution in [3.05, 3.63) is 119 Å². The van der Waals surface area contributed by atoms with Crippen molar-refractivity contribution in [3.8, 4) is 11.5 Å². The summed E-state index contributed by atoms with van der Waals surface area (Å²) in [6, 6.07) is 27.9. The molecular formula is C31H30ClN3O5S. The van der Waals surface area contributed by atoms with Crippen LogP contribution in [0.2, 0.25) is 5.02 Å². The summed E-state index contributed by atoms with van der Waals surface area (Å²) >= 11 is 6.27. The van der Waals surface area contributed by atoms with Gasteiger partial charge in [0.15, 0.2) is 11.5 Å². The predicted octanol–water partition coefficient (Wildman–Crippen LogP) is 5.97. The molecule has 4 rings (SSSR count). The van der Waals surface area contributed by atoms with Gasteiger partial charge in [-0.3, -0.25) is 9.10 Å². The molecule has 0 aromatic heterocycles. The second-order valence-corrected chi connectivity index (χ2v) is 11.2. The van der Waals surface area contributed by atoms with Crippen molar-refractivity contribution in [2.45, 2.75) is 25.3 Å². The highest BCUT2D eigenvalue weighted by Crippen LogP contribution is 2.31.